The van der Waals surface area contributed by atoms with Gasteiger partial charge in [0.1, 0.15) is 0 Å². The van der Waals surface area contributed by atoms with Gasteiger partial charge in [0.15, 0.2) is 6.61 Å². The fourth-order valence-electron chi connectivity index (χ4n) is 1.55. The van der Waals surface area contributed by atoms with Crippen molar-refractivity contribution in [2.45, 2.75) is 38.6 Å². The molecule has 0 atom stereocenters. The van der Waals surface area contributed by atoms with Crippen LogP contribution in [0.3, 0.4) is 0 Å². The van der Waals surface area contributed by atoms with Crippen LogP contribution in [-0.4, -0.2) is 30.3 Å². The third-order valence-corrected chi connectivity index (χ3v) is 3.63. The van der Waals surface area contributed by atoms with Gasteiger partial charge in [0.05, 0.1) is 5.75 Å². The molecule has 0 aliphatic carbocycles. The lowest BCUT2D eigenvalue weighted by Crippen LogP contribution is -2.34. The number of hydrogen-bond donors (Lipinski definition) is 1. The predicted octanol–water partition coefficient (Wildman–Crippen LogP) is 2.46. The average molecular weight is 295 g/mol. The number of carbonyl (C=O) groups excluding carboxylic acids is 2. The lowest BCUT2D eigenvalue weighted by atomic mass is 10.2. The molecule has 0 unspecified atom stereocenters. The number of rotatable bonds is 6. The first-order valence-corrected chi connectivity index (χ1v) is 7.52. The van der Waals surface area contributed by atoms with Gasteiger partial charge < -0.3 is 10.1 Å². The molecule has 0 aliphatic rings. The van der Waals surface area contributed by atoms with Crippen LogP contribution in [0.15, 0.2) is 23.1 Å². The first kappa shape index (κ1) is 16.6. The van der Waals surface area contributed by atoms with Crippen molar-refractivity contribution in [1.29, 1.82) is 0 Å². The van der Waals surface area contributed by atoms with Gasteiger partial charge in [-0.2, -0.15) is 0 Å². The van der Waals surface area contributed by atoms with Crippen LogP contribution >= 0.6 is 11.8 Å². The molecule has 20 heavy (non-hydrogen) atoms. The van der Waals surface area contributed by atoms with Gasteiger partial charge in [0.2, 0.25) is 0 Å². The largest absolute Gasteiger partial charge is 0.455 e. The maximum Gasteiger partial charge on any atom is 0.316 e. The SMILES string of the molecule is Cc1ccc(C)c(SCC(=O)OCC(=O)NC(C)C)c1. The van der Waals surface area contributed by atoms with Gasteiger partial charge in [0, 0.05) is 10.9 Å². The Bertz CT molecular complexity index is 486. The van der Waals surface area contributed by atoms with Crippen molar-refractivity contribution in [3.63, 3.8) is 0 Å². The number of hydrogen-bond acceptors (Lipinski definition) is 4. The van der Waals surface area contributed by atoms with E-state index in [1.165, 1.54) is 11.8 Å². The van der Waals surface area contributed by atoms with Crippen molar-refractivity contribution in [2.24, 2.45) is 0 Å². The summed E-state index contributed by atoms with van der Waals surface area (Å²) in [6.07, 6.45) is 0. The lowest BCUT2D eigenvalue weighted by Gasteiger charge is -2.09. The van der Waals surface area contributed by atoms with Crippen molar-refractivity contribution in [2.75, 3.05) is 12.4 Å². The van der Waals surface area contributed by atoms with Crippen molar-refractivity contribution in [3.8, 4) is 0 Å². The Morgan fingerprint density at radius 2 is 2.00 bits per heavy atom. The van der Waals surface area contributed by atoms with Gasteiger partial charge in [0.25, 0.3) is 5.91 Å². The fourth-order valence-corrected chi connectivity index (χ4v) is 2.47. The van der Waals surface area contributed by atoms with E-state index in [1.807, 2.05) is 45.9 Å². The van der Waals surface area contributed by atoms with Gasteiger partial charge >= 0.3 is 5.97 Å². The summed E-state index contributed by atoms with van der Waals surface area (Å²) in [5.74, 6) is -0.445. The Kier molecular flexibility index (Phi) is 6.58. The highest BCUT2D eigenvalue weighted by atomic mass is 32.2. The van der Waals surface area contributed by atoms with E-state index in [9.17, 15) is 9.59 Å². The molecule has 5 heteroatoms. The number of thioether (sulfide) groups is 1. The highest BCUT2D eigenvalue weighted by Crippen LogP contribution is 2.23. The summed E-state index contributed by atoms with van der Waals surface area (Å²) in [5, 5.41) is 2.67. The lowest BCUT2D eigenvalue weighted by molar-refractivity contribution is -0.146. The molecule has 0 aliphatic heterocycles. The van der Waals surface area contributed by atoms with Crippen molar-refractivity contribution < 1.29 is 14.3 Å². The second-order valence-electron chi connectivity index (χ2n) is 4.94. The van der Waals surface area contributed by atoms with Gasteiger partial charge in [-0.1, -0.05) is 17.7 Å². The van der Waals surface area contributed by atoms with E-state index >= 15 is 0 Å². The Hall–Kier alpha value is -1.49. The molecule has 1 aromatic carbocycles. The summed E-state index contributed by atoms with van der Waals surface area (Å²) in [6.45, 7) is 7.51. The Labute approximate surface area is 124 Å². The molecule has 0 radical (unpaired) electrons. The monoisotopic (exact) mass is 295 g/mol. The molecule has 1 amide bonds. The molecule has 0 heterocycles. The predicted molar refractivity (Wildman–Crippen MR) is 80.9 cm³/mol. The number of aryl methyl sites for hydroxylation is 2. The summed E-state index contributed by atoms with van der Waals surface area (Å²) >= 11 is 1.43. The van der Waals surface area contributed by atoms with Crippen LogP contribution in [0.25, 0.3) is 0 Å². The molecule has 0 fully saturated rings. The fraction of sp³-hybridized carbons (Fsp3) is 0.467. The van der Waals surface area contributed by atoms with Crippen LogP contribution in [0.5, 0.6) is 0 Å². The summed E-state index contributed by atoms with van der Waals surface area (Å²) in [5.41, 5.74) is 2.29. The van der Waals surface area contributed by atoms with Crippen LogP contribution in [-0.2, 0) is 14.3 Å². The molecule has 1 rings (SSSR count). The van der Waals surface area contributed by atoms with Gasteiger partial charge in [-0.15, -0.1) is 11.8 Å². The normalized spacial score (nSPS) is 10.4. The minimum atomic E-state index is -0.380. The minimum Gasteiger partial charge on any atom is -0.455 e. The molecule has 0 saturated heterocycles. The van der Waals surface area contributed by atoms with Crippen LogP contribution in [0.1, 0.15) is 25.0 Å². The Balaban J connectivity index is 2.36. The van der Waals surface area contributed by atoms with E-state index in [-0.39, 0.29) is 30.3 Å². The van der Waals surface area contributed by atoms with Crippen LogP contribution in [0, 0.1) is 13.8 Å². The van der Waals surface area contributed by atoms with Crippen LogP contribution in [0.4, 0.5) is 0 Å². The topological polar surface area (TPSA) is 55.4 Å². The number of carbonyl (C=O) groups is 2. The molecule has 0 bridgehead atoms. The molecule has 0 spiro atoms. The quantitative estimate of drug-likeness (QED) is 0.647. The molecule has 4 nitrogen and oxygen atoms in total. The molecular weight excluding hydrogens is 274 g/mol. The highest BCUT2D eigenvalue weighted by Gasteiger charge is 2.09. The standard InChI is InChI=1S/C15H21NO3S/c1-10(2)16-14(17)8-19-15(18)9-20-13-7-11(3)5-6-12(13)4/h5-7,10H,8-9H2,1-4H3,(H,16,17). The number of amides is 1. The molecule has 0 saturated carbocycles. The minimum absolute atomic E-state index is 0.0468. The van der Waals surface area contributed by atoms with Crippen molar-refractivity contribution in [3.05, 3.63) is 29.3 Å². The second kappa shape index (κ2) is 7.94. The second-order valence-corrected chi connectivity index (χ2v) is 5.96. The van der Waals surface area contributed by atoms with E-state index in [0.29, 0.717) is 0 Å². The zero-order valence-electron chi connectivity index (χ0n) is 12.4. The molecule has 0 aromatic heterocycles. The highest BCUT2D eigenvalue weighted by molar-refractivity contribution is 8.00. The third-order valence-electron chi connectivity index (χ3n) is 2.50. The zero-order valence-corrected chi connectivity index (χ0v) is 13.2. The maximum atomic E-state index is 11.6. The van der Waals surface area contributed by atoms with E-state index in [2.05, 4.69) is 5.32 Å². The van der Waals surface area contributed by atoms with E-state index in [1.54, 1.807) is 0 Å². The Morgan fingerprint density at radius 1 is 1.30 bits per heavy atom. The molecule has 1 aromatic rings. The first-order valence-electron chi connectivity index (χ1n) is 6.53. The van der Waals surface area contributed by atoms with Gasteiger partial charge in [-0.3, -0.25) is 9.59 Å². The molecule has 110 valence electrons. The smallest absolute Gasteiger partial charge is 0.316 e. The summed E-state index contributed by atoms with van der Waals surface area (Å²) in [4.78, 5) is 24.0. The number of ether oxygens (including phenoxy) is 1. The summed E-state index contributed by atoms with van der Waals surface area (Å²) < 4.78 is 4.92. The zero-order chi connectivity index (χ0) is 15.1. The van der Waals surface area contributed by atoms with E-state index in [0.717, 1.165) is 16.0 Å². The van der Waals surface area contributed by atoms with Gasteiger partial charge in [-0.05, 0) is 39.3 Å². The Morgan fingerprint density at radius 3 is 2.65 bits per heavy atom. The molecular formula is C15H21NO3S. The average Bonchev–Trinajstić information content (AvgIpc) is 2.36. The van der Waals surface area contributed by atoms with Crippen LogP contribution in [0.2, 0.25) is 0 Å². The third kappa shape index (κ3) is 6.10. The maximum absolute atomic E-state index is 11.6. The van der Waals surface area contributed by atoms with E-state index in [4.69, 9.17) is 4.74 Å². The van der Waals surface area contributed by atoms with Crippen molar-refractivity contribution in [1.82, 2.24) is 5.32 Å². The first-order chi connectivity index (χ1) is 9.38. The molecule has 1 N–H and O–H groups in total. The summed E-state index contributed by atoms with van der Waals surface area (Å²) in [6, 6.07) is 6.15. The number of nitrogens with one attached hydrogen (secondary N) is 1. The summed E-state index contributed by atoms with van der Waals surface area (Å²) in [7, 11) is 0. The van der Waals surface area contributed by atoms with Gasteiger partial charge in [-0.25, -0.2) is 0 Å². The van der Waals surface area contributed by atoms with Crippen LogP contribution < -0.4 is 5.32 Å². The number of esters is 1. The van der Waals surface area contributed by atoms with Crippen molar-refractivity contribution >= 4 is 23.6 Å². The number of benzene rings is 1. The van der Waals surface area contributed by atoms with E-state index < -0.39 is 0 Å².